The third-order valence-electron chi connectivity index (χ3n) is 3.96. The van der Waals surface area contributed by atoms with Crippen LogP contribution in [0.2, 0.25) is 0 Å². The van der Waals surface area contributed by atoms with E-state index < -0.39 is 0 Å². The van der Waals surface area contributed by atoms with Crippen LogP contribution in [-0.4, -0.2) is 18.0 Å². The van der Waals surface area contributed by atoms with Gasteiger partial charge in [0, 0.05) is 18.0 Å². The molecule has 0 saturated heterocycles. The van der Waals surface area contributed by atoms with E-state index in [-0.39, 0.29) is 29.7 Å². The van der Waals surface area contributed by atoms with Crippen LogP contribution < -0.4 is 11.1 Å². The van der Waals surface area contributed by atoms with E-state index in [4.69, 9.17) is 5.73 Å². The molecule has 1 aromatic carbocycles. The Labute approximate surface area is 119 Å². The molecule has 20 heavy (non-hydrogen) atoms. The van der Waals surface area contributed by atoms with Gasteiger partial charge < -0.3 is 11.1 Å². The maximum absolute atomic E-state index is 13.6. The first-order valence-electron chi connectivity index (χ1n) is 7.35. The van der Waals surface area contributed by atoms with Gasteiger partial charge in [0.05, 0.1) is 0 Å². The molecule has 0 radical (unpaired) electrons. The lowest BCUT2D eigenvalue weighted by Gasteiger charge is -2.27. The number of carbonyl (C=O) groups is 1. The van der Waals surface area contributed by atoms with Crippen molar-refractivity contribution in [3.63, 3.8) is 0 Å². The van der Waals surface area contributed by atoms with Crippen LogP contribution in [0, 0.1) is 11.7 Å². The van der Waals surface area contributed by atoms with Crippen molar-refractivity contribution in [1.29, 1.82) is 0 Å². The average molecular weight is 278 g/mol. The first-order valence-corrected chi connectivity index (χ1v) is 7.35. The lowest BCUT2D eigenvalue weighted by Crippen LogP contribution is -2.42. The summed E-state index contributed by atoms with van der Waals surface area (Å²) < 4.78 is 13.6. The van der Waals surface area contributed by atoms with Crippen molar-refractivity contribution in [1.82, 2.24) is 5.32 Å². The highest BCUT2D eigenvalue weighted by Gasteiger charge is 2.26. The Balaban J connectivity index is 1.86. The predicted molar refractivity (Wildman–Crippen MR) is 77.6 cm³/mol. The molecule has 1 aliphatic carbocycles. The third-order valence-corrected chi connectivity index (χ3v) is 3.96. The number of hydrogen-bond donors (Lipinski definition) is 2. The van der Waals surface area contributed by atoms with Crippen molar-refractivity contribution in [2.45, 2.75) is 51.1 Å². The summed E-state index contributed by atoms with van der Waals surface area (Å²) in [5.74, 6) is -0.140. The molecule has 1 amide bonds. The Bertz CT molecular complexity index is 464. The second kappa shape index (κ2) is 6.84. The lowest BCUT2D eigenvalue weighted by molar-refractivity contribution is -0.126. The SMILES string of the molecule is CC(Cc1ccccc1F)NC(=O)C1CCCC(N)C1. The maximum atomic E-state index is 13.6. The van der Waals surface area contributed by atoms with Gasteiger partial charge in [-0.15, -0.1) is 0 Å². The van der Waals surface area contributed by atoms with Gasteiger partial charge in [-0.2, -0.15) is 0 Å². The van der Waals surface area contributed by atoms with E-state index in [1.54, 1.807) is 12.1 Å². The minimum atomic E-state index is -0.215. The van der Waals surface area contributed by atoms with Gasteiger partial charge in [-0.3, -0.25) is 4.79 Å². The fraction of sp³-hybridized carbons (Fsp3) is 0.562. The van der Waals surface area contributed by atoms with Crippen LogP contribution in [0.15, 0.2) is 24.3 Å². The van der Waals surface area contributed by atoms with Crippen molar-refractivity contribution in [3.8, 4) is 0 Å². The summed E-state index contributed by atoms with van der Waals surface area (Å²) in [6, 6.07) is 6.76. The molecule has 0 aromatic heterocycles. The van der Waals surface area contributed by atoms with Crippen molar-refractivity contribution in [3.05, 3.63) is 35.6 Å². The zero-order valence-electron chi connectivity index (χ0n) is 11.9. The smallest absolute Gasteiger partial charge is 0.223 e. The van der Waals surface area contributed by atoms with Crippen LogP contribution in [0.1, 0.15) is 38.2 Å². The van der Waals surface area contributed by atoms with Crippen LogP contribution in [0.5, 0.6) is 0 Å². The summed E-state index contributed by atoms with van der Waals surface area (Å²) in [5, 5.41) is 2.98. The Kier molecular flexibility index (Phi) is 5.12. The molecule has 2 rings (SSSR count). The van der Waals surface area contributed by atoms with Gasteiger partial charge in [0.15, 0.2) is 0 Å². The van der Waals surface area contributed by atoms with Gasteiger partial charge in [-0.05, 0) is 44.2 Å². The Morgan fingerprint density at radius 2 is 2.20 bits per heavy atom. The molecule has 3 nitrogen and oxygen atoms in total. The minimum Gasteiger partial charge on any atom is -0.353 e. The van der Waals surface area contributed by atoms with Gasteiger partial charge >= 0.3 is 0 Å². The van der Waals surface area contributed by atoms with Gasteiger partial charge in [0.25, 0.3) is 0 Å². The topological polar surface area (TPSA) is 55.1 Å². The molecule has 1 aliphatic rings. The van der Waals surface area contributed by atoms with E-state index in [9.17, 15) is 9.18 Å². The monoisotopic (exact) mass is 278 g/mol. The molecular formula is C16H23FN2O. The predicted octanol–water partition coefficient (Wildman–Crippen LogP) is 2.39. The molecule has 1 aromatic rings. The Morgan fingerprint density at radius 1 is 1.45 bits per heavy atom. The summed E-state index contributed by atoms with van der Waals surface area (Å²) >= 11 is 0. The second-order valence-corrected chi connectivity index (χ2v) is 5.83. The van der Waals surface area contributed by atoms with E-state index in [0.717, 1.165) is 25.7 Å². The fourth-order valence-corrected chi connectivity index (χ4v) is 2.87. The number of nitrogens with two attached hydrogens (primary N) is 1. The molecule has 110 valence electrons. The van der Waals surface area contributed by atoms with E-state index >= 15 is 0 Å². The number of benzene rings is 1. The van der Waals surface area contributed by atoms with Gasteiger partial charge in [0.1, 0.15) is 5.82 Å². The minimum absolute atomic E-state index is 0.0156. The normalized spacial score (nSPS) is 24.1. The molecule has 4 heteroatoms. The maximum Gasteiger partial charge on any atom is 0.223 e. The lowest BCUT2D eigenvalue weighted by atomic mass is 9.85. The first kappa shape index (κ1) is 15.0. The molecule has 1 saturated carbocycles. The molecule has 3 unspecified atom stereocenters. The van der Waals surface area contributed by atoms with Crippen LogP contribution in [-0.2, 0) is 11.2 Å². The molecule has 0 spiro atoms. The van der Waals surface area contributed by atoms with Crippen molar-refractivity contribution in [2.24, 2.45) is 11.7 Å². The van der Waals surface area contributed by atoms with Crippen LogP contribution >= 0.6 is 0 Å². The summed E-state index contributed by atoms with van der Waals surface area (Å²) in [6.07, 6.45) is 4.21. The Hall–Kier alpha value is -1.42. The molecule has 0 heterocycles. The highest BCUT2D eigenvalue weighted by atomic mass is 19.1. The summed E-state index contributed by atoms with van der Waals surface area (Å²) in [6.45, 7) is 1.91. The summed E-state index contributed by atoms with van der Waals surface area (Å²) in [5.41, 5.74) is 6.55. The van der Waals surface area contributed by atoms with Gasteiger partial charge in [-0.25, -0.2) is 4.39 Å². The third kappa shape index (κ3) is 4.04. The summed E-state index contributed by atoms with van der Waals surface area (Å²) in [7, 11) is 0. The molecule has 0 aliphatic heterocycles. The van der Waals surface area contributed by atoms with Crippen molar-refractivity contribution >= 4 is 5.91 Å². The Morgan fingerprint density at radius 3 is 2.90 bits per heavy atom. The average Bonchev–Trinajstić information content (AvgIpc) is 2.41. The van der Waals surface area contributed by atoms with Crippen molar-refractivity contribution in [2.75, 3.05) is 0 Å². The number of halogens is 1. The molecule has 3 atom stereocenters. The summed E-state index contributed by atoms with van der Waals surface area (Å²) in [4.78, 5) is 12.2. The number of rotatable bonds is 4. The first-order chi connectivity index (χ1) is 9.56. The quantitative estimate of drug-likeness (QED) is 0.888. The number of nitrogens with one attached hydrogen (secondary N) is 1. The van der Waals surface area contributed by atoms with Crippen molar-refractivity contribution < 1.29 is 9.18 Å². The largest absolute Gasteiger partial charge is 0.353 e. The zero-order chi connectivity index (χ0) is 14.5. The number of hydrogen-bond acceptors (Lipinski definition) is 2. The number of carbonyl (C=O) groups excluding carboxylic acids is 1. The zero-order valence-corrected chi connectivity index (χ0v) is 11.9. The molecule has 0 bridgehead atoms. The van der Waals surface area contributed by atoms with Crippen LogP contribution in [0.3, 0.4) is 0 Å². The standard InChI is InChI=1S/C16H23FN2O/c1-11(9-12-5-2-3-8-15(12)17)19-16(20)13-6-4-7-14(18)10-13/h2-3,5,8,11,13-14H,4,6-7,9-10,18H2,1H3,(H,19,20). The van der Waals surface area contributed by atoms with E-state index in [2.05, 4.69) is 5.32 Å². The van der Waals surface area contributed by atoms with E-state index in [1.807, 2.05) is 13.0 Å². The highest BCUT2D eigenvalue weighted by Crippen LogP contribution is 2.23. The molecule has 1 fully saturated rings. The van der Waals surface area contributed by atoms with Crippen LogP contribution in [0.25, 0.3) is 0 Å². The van der Waals surface area contributed by atoms with E-state index in [1.165, 1.54) is 6.07 Å². The molecule has 3 N–H and O–H groups in total. The van der Waals surface area contributed by atoms with Gasteiger partial charge in [0.2, 0.25) is 5.91 Å². The van der Waals surface area contributed by atoms with E-state index in [0.29, 0.717) is 12.0 Å². The molecular weight excluding hydrogens is 255 g/mol. The number of amides is 1. The highest BCUT2D eigenvalue weighted by molar-refractivity contribution is 5.79. The second-order valence-electron chi connectivity index (χ2n) is 5.83. The van der Waals surface area contributed by atoms with Crippen LogP contribution in [0.4, 0.5) is 4.39 Å². The fourth-order valence-electron chi connectivity index (χ4n) is 2.87. The van der Waals surface area contributed by atoms with Gasteiger partial charge in [-0.1, -0.05) is 24.6 Å².